The number of rotatable bonds is 11. The molecule has 0 fully saturated rings. The normalized spacial score (nSPS) is 16.0. The fourth-order valence-electron chi connectivity index (χ4n) is 10.3. The van der Waals surface area contributed by atoms with E-state index in [1.54, 1.807) is 0 Å². The lowest BCUT2D eigenvalue weighted by Crippen LogP contribution is -2.37. The van der Waals surface area contributed by atoms with Gasteiger partial charge in [0.25, 0.3) is 0 Å². The zero-order chi connectivity index (χ0) is 45.0. The van der Waals surface area contributed by atoms with Crippen LogP contribution in [0, 0.1) is 0 Å². The number of allylic oxidation sites excluding steroid dienone is 4. The fourth-order valence-corrected chi connectivity index (χ4v) is 11.6. The van der Waals surface area contributed by atoms with E-state index in [-0.39, 0.29) is 6.04 Å². The van der Waals surface area contributed by atoms with Crippen molar-refractivity contribution in [2.75, 3.05) is 16.3 Å². The first-order valence-electron chi connectivity index (χ1n) is 23.3. The van der Waals surface area contributed by atoms with Crippen LogP contribution in [0.1, 0.15) is 49.4 Å². The largest absolute Gasteiger partial charge is 0.360 e. The minimum atomic E-state index is -0.430. The highest BCUT2D eigenvalue weighted by atomic mass is 32.1. The Kier molecular flexibility index (Phi) is 12.0. The van der Waals surface area contributed by atoms with Gasteiger partial charge in [-0.1, -0.05) is 184 Å². The average Bonchev–Trinajstić information content (AvgIpc) is 3.90. The Hall–Kier alpha value is -7.46. The Labute approximate surface area is 394 Å². The average molecular weight is 871 g/mol. The van der Waals surface area contributed by atoms with Crippen LogP contribution in [0.4, 0.5) is 22.7 Å². The molecule has 9 aromatic rings. The monoisotopic (exact) mass is 870 g/mol. The van der Waals surface area contributed by atoms with Gasteiger partial charge in [0.05, 0.1) is 6.04 Å². The standard InChI is InChI=1S/C61H48N2S.C2H6/c1-3-4-20-40-62(45-22-8-5-9-23-45)57-34-18-15-28-49(57)53-41-44(43-36-38-48(39-37-43)63(46-24-10-6-11-25-46)47-26-12-7-13-27-47)42-56-59(53)52-30-14-17-32-54(52)61(56,2)55-33-21-31-51-50-29-16-19-35-58(50)64-60(51)55;1-2/h3-33,35-39,41-42,57H,1,34,40H2,2H3;1-2H3/b20-4-;. The van der Waals surface area contributed by atoms with E-state index in [4.69, 9.17) is 0 Å². The summed E-state index contributed by atoms with van der Waals surface area (Å²) in [7, 11) is 0. The fraction of sp³-hybridized carbons (Fsp3) is 0.111. The van der Waals surface area contributed by atoms with E-state index < -0.39 is 5.41 Å². The molecule has 1 aromatic heterocycles. The van der Waals surface area contributed by atoms with Crippen LogP contribution in [0.25, 0.3) is 48.0 Å². The lowest BCUT2D eigenvalue weighted by Gasteiger charge is -2.37. The van der Waals surface area contributed by atoms with Gasteiger partial charge < -0.3 is 9.80 Å². The predicted molar refractivity (Wildman–Crippen MR) is 287 cm³/mol. The highest BCUT2D eigenvalue weighted by molar-refractivity contribution is 7.26. The summed E-state index contributed by atoms with van der Waals surface area (Å²) in [6, 6.07) is 71.5. The Morgan fingerprint density at radius 2 is 1.20 bits per heavy atom. The van der Waals surface area contributed by atoms with E-state index in [0.717, 1.165) is 30.0 Å². The van der Waals surface area contributed by atoms with E-state index in [2.05, 4.69) is 248 Å². The van der Waals surface area contributed by atoms with Crippen LogP contribution in [0.15, 0.2) is 237 Å². The van der Waals surface area contributed by atoms with Crippen molar-refractivity contribution >= 4 is 59.8 Å². The molecule has 0 bridgehead atoms. The quantitative estimate of drug-likeness (QED) is 0.120. The number of hydrogen-bond acceptors (Lipinski definition) is 3. The number of benzene rings is 8. The maximum Gasteiger partial charge on any atom is 0.0586 e. The number of nitrogens with zero attached hydrogens (tertiary/aromatic N) is 2. The SMILES string of the molecule is C=C/C=C\CN(c1ccccc1)C1CC=CC=C1c1cc(-c2ccc(N(c3ccccc3)c3ccccc3)cc2)cc2c1-c1ccccc1C2(C)c1cccc2c1sc1ccccc12.CC. The lowest BCUT2D eigenvalue weighted by atomic mass is 9.73. The number of thiophene rings is 1. The Morgan fingerprint density at radius 3 is 1.91 bits per heavy atom. The van der Waals surface area contributed by atoms with Gasteiger partial charge in [-0.2, -0.15) is 0 Å². The third kappa shape index (κ3) is 7.50. The molecule has 2 atom stereocenters. The van der Waals surface area contributed by atoms with Gasteiger partial charge >= 0.3 is 0 Å². The van der Waals surface area contributed by atoms with Crippen LogP contribution in [-0.2, 0) is 5.41 Å². The lowest BCUT2D eigenvalue weighted by molar-refractivity contribution is 0.721. The Morgan fingerprint density at radius 1 is 0.591 bits per heavy atom. The van der Waals surface area contributed by atoms with Crippen molar-refractivity contribution in [3.63, 3.8) is 0 Å². The molecule has 0 radical (unpaired) electrons. The third-order valence-corrected chi connectivity index (χ3v) is 14.5. The molecule has 2 aliphatic rings. The van der Waals surface area contributed by atoms with Gasteiger partial charge in [-0.15, -0.1) is 11.3 Å². The number of fused-ring (bicyclic) bond motifs is 6. The summed E-state index contributed by atoms with van der Waals surface area (Å²) in [5.41, 5.74) is 15.8. The summed E-state index contributed by atoms with van der Waals surface area (Å²) < 4.78 is 2.68. The molecule has 0 spiro atoms. The van der Waals surface area contributed by atoms with E-state index >= 15 is 0 Å². The molecule has 0 aliphatic heterocycles. The van der Waals surface area contributed by atoms with Crippen molar-refractivity contribution in [2.24, 2.45) is 0 Å². The van der Waals surface area contributed by atoms with Crippen LogP contribution in [0.5, 0.6) is 0 Å². The second-order valence-corrected chi connectivity index (χ2v) is 18.0. The van der Waals surface area contributed by atoms with Crippen molar-refractivity contribution in [1.82, 2.24) is 0 Å². The molecule has 8 aromatic carbocycles. The number of anilines is 4. The van der Waals surface area contributed by atoms with E-state index in [0.29, 0.717) is 0 Å². The minimum absolute atomic E-state index is 0.0962. The predicted octanol–water partition coefficient (Wildman–Crippen LogP) is 17.5. The summed E-state index contributed by atoms with van der Waals surface area (Å²) in [6.07, 6.45) is 14.0. The van der Waals surface area contributed by atoms with Crippen LogP contribution in [0.2, 0.25) is 0 Å². The van der Waals surface area contributed by atoms with Crippen LogP contribution in [-0.4, -0.2) is 12.6 Å². The highest BCUT2D eigenvalue weighted by Gasteiger charge is 2.44. The van der Waals surface area contributed by atoms with Crippen molar-refractivity contribution in [1.29, 1.82) is 0 Å². The van der Waals surface area contributed by atoms with Gasteiger partial charge in [-0.05, 0) is 130 Å². The van der Waals surface area contributed by atoms with E-state index in [1.165, 1.54) is 75.9 Å². The zero-order valence-electron chi connectivity index (χ0n) is 37.9. The molecule has 0 N–H and O–H groups in total. The summed E-state index contributed by atoms with van der Waals surface area (Å²) in [4.78, 5) is 4.89. The van der Waals surface area contributed by atoms with Crippen molar-refractivity contribution < 1.29 is 0 Å². The zero-order valence-corrected chi connectivity index (χ0v) is 38.8. The molecule has 3 heteroatoms. The molecular weight excluding hydrogens is 817 g/mol. The van der Waals surface area contributed by atoms with Gasteiger partial charge in [-0.3, -0.25) is 0 Å². The molecule has 0 amide bonds. The maximum absolute atomic E-state index is 3.99. The first kappa shape index (κ1) is 42.5. The molecular formula is C63H54N2S. The second-order valence-electron chi connectivity index (χ2n) is 16.9. The molecule has 11 rings (SSSR count). The molecule has 2 nitrogen and oxygen atoms in total. The van der Waals surface area contributed by atoms with Gasteiger partial charge in [0.15, 0.2) is 0 Å². The molecule has 322 valence electrons. The first-order valence-corrected chi connectivity index (χ1v) is 24.1. The molecule has 0 saturated carbocycles. The highest BCUT2D eigenvalue weighted by Crippen LogP contribution is 2.58. The number of hydrogen-bond donors (Lipinski definition) is 0. The van der Waals surface area contributed by atoms with Crippen LogP contribution >= 0.6 is 11.3 Å². The Bertz CT molecular complexity index is 3210. The van der Waals surface area contributed by atoms with E-state index in [1.807, 2.05) is 31.3 Å². The van der Waals surface area contributed by atoms with Gasteiger partial charge in [0.2, 0.25) is 0 Å². The van der Waals surface area contributed by atoms with Crippen LogP contribution < -0.4 is 9.80 Å². The smallest absolute Gasteiger partial charge is 0.0586 e. The van der Waals surface area contributed by atoms with E-state index in [9.17, 15) is 0 Å². The molecule has 2 aliphatic carbocycles. The summed E-state index contributed by atoms with van der Waals surface area (Å²) >= 11 is 1.92. The van der Waals surface area contributed by atoms with Gasteiger partial charge in [0.1, 0.15) is 0 Å². The van der Waals surface area contributed by atoms with Crippen molar-refractivity contribution in [3.8, 4) is 22.3 Å². The first-order chi connectivity index (χ1) is 32.6. The maximum atomic E-state index is 3.99. The minimum Gasteiger partial charge on any atom is -0.360 e. The number of para-hydroxylation sites is 3. The molecule has 1 heterocycles. The Balaban J connectivity index is 0.00000252. The summed E-state index contributed by atoms with van der Waals surface area (Å²) in [5, 5.41) is 2.65. The molecule has 0 saturated heterocycles. The second kappa shape index (κ2) is 18.6. The van der Waals surface area contributed by atoms with Gasteiger partial charge in [-0.25, -0.2) is 0 Å². The summed E-state index contributed by atoms with van der Waals surface area (Å²) in [6.45, 7) is 11.2. The summed E-state index contributed by atoms with van der Waals surface area (Å²) in [5.74, 6) is 0. The molecule has 66 heavy (non-hydrogen) atoms. The third-order valence-electron chi connectivity index (χ3n) is 13.3. The van der Waals surface area contributed by atoms with Crippen molar-refractivity contribution in [3.05, 3.63) is 259 Å². The molecule has 2 unspecified atom stereocenters. The van der Waals surface area contributed by atoms with Crippen molar-refractivity contribution in [2.45, 2.75) is 38.6 Å². The van der Waals surface area contributed by atoms with Gasteiger partial charge in [0, 0.05) is 54.9 Å². The topological polar surface area (TPSA) is 6.48 Å². The van der Waals surface area contributed by atoms with Crippen LogP contribution in [0.3, 0.4) is 0 Å².